The van der Waals surface area contributed by atoms with Gasteiger partial charge in [0.05, 0.1) is 17.2 Å². The predicted molar refractivity (Wildman–Crippen MR) is 126 cm³/mol. The summed E-state index contributed by atoms with van der Waals surface area (Å²) < 4.78 is 2.21. The number of rotatable bonds is 2. The van der Waals surface area contributed by atoms with Gasteiger partial charge in [0.15, 0.2) is 6.20 Å². The van der Waals surface area contributed by atoms with Crippen molar-refractivity contribution in [2.75, 3.05) is 0 Å². The van der Waals surface area contributed by atoms with Gasteiger partial charge in [0.2, 0.25) is 5.69 Å². The zero-order valence-corrected chi connectivity index (χ0v) is 18.4. The standard InChI is InChI=1S/C29H25N2/c1-19-13-14-23-27-22(18-30)11-8-12-24(27)29(2,3)28(23)26(19)25-17-21(15-16-31(25)4)20-9-6-5-7-10-20/h5-17H,1-4H3/q+1. The molecule has 1 aromatic heterocycles. The lowest BCUT2D eigenvalue weighted by atomic mass is 9.78. The summed E-state index contributed by atoms with van der Waals surface area (Å²) in [6.07, 6.45) is 2.15. The number of benzene rings is 3. The van der Waals surface area contributed by atoms with Gasteiger partial charge in [-0.15, -0.1) is 0 Å². The average Bonchev–Trinajstić information content (AvgIpc) is 3.02. The van der Waals surface area contributed by atoms with E-state index < -0.39 is 0 Å². The molecule has 0 atom stereocenters. The van der Waals surface area contributed by atoms with Gasteiger partial charge in [-0.3, -0.25) is 0 Å². The Morgan fingerprint density at radius 3 is 2.35 bits per heavy atom. The van der Waals surface area contributed by atoms with Crippen molar-refractivity contribution in [2.24, 2.45) is 7.05 Å². The van der Waals surface area contributed by atoms with E-state index in [0.29, 0.717) is 0 Å². The Kier molecular flexibility index (Phi) is 4.31. The molecule has 0 saturated heterocycles. The first-order chi connectivity index (χ1) is 14.9. The van der Waals surface area contributed by atoms with Crippen LogP contribution in [0.1, 0.15) is 36.1 Å². The Labute approximate surface area is 184 Å². The Morgan fingerprint density at radius 2 is 1.61 bits per heavy atom. The molecule has 0 aliphatic heterocycles. The van der Waals surface area contributed by atoms with Crippen molar-refractivity contribution in [1.82, 2.24) is 0 Å². The van der Waals surface area contributed by atoms with E-state index in [1.165, 1.54) is 44.6 Å². The predicted octanol–water partition coefficient (Wildman–Crippen LogP) is 6.33. The number of hydrogen-bond donors (Lipinski definition) is 0. The van der Waals surface area contributed by atoms with Crippen molar-refractivity contribution in [3.63, 3.8) is 0 Å². The highest BCUT2D eigenvalue weighted by Crippen LogP contribution is 2.53. The minimum Gasteiger partial charge on any atom is -0.201 e. The molecule has 150 valence electrons. The van der Waals surface area contributed by atoms with E-state index in [2.05, 4.69) is 99.2 Å². The lowest BCUT2D eigenvalue weighted by molar-refractivity contribution is -0.660. The van der Waals surface area contributed by atoms with Gasteiger partial charge in [0.1, 0.15) is 7.05 Å². The Balaban J connectivity index is 1.83. The van der Waals surface area contributed by atoms with Crippen LogP contribution in [-0.2, 0) is 12.5 Å². The van der Waals surface area contributed by atoms with E-state index in [1.54, 1.807) is 0 Å². The quantitative estimate of drug-likeness (QED) is 0.361. The zero-order valence-electron chi connectivity index (χ0n) is 18.4. The summed E-state index contributed by atoms with van der Waals surface area (Å²) >= 11 is 0. The highest BCUT2D eigenvalue weighted by molar-refractivity contribution is 5.91. The summed E-state index contributed by atoms with van der Waals surface area (Å²) in [4.78, 5) is 0. The van der Waals surface area contributed by atoms with Crippen LogP contribution in [-0.4, -0.2) is 0 Å². The number of aromatic nitrogens is 1. The molecule has 0 amide bonds. The van der Waals surface area contributed by atoms with Crippen LogP contribution in [0.15, 0.2) is 79.0 Å². The molecule has 31 heavy (non-hydrogen) atoms. The van der Waals surface area contributed by atoms with Gasteiger partial charge in [-0.05, 0) is 46.4 Å². The fourth-order valence-corrected chi connectivity index (χ4v) is 5.11. The van der Waals surface area contributed by atoms with Crippen molar-refractivity contribution < 1.29 is 4.57 Å². The molecule has 5 rings (SSSR count). The second-order valence-electron chi connectivity index (χ2n) is 8.92. The molecular weight excluding hydrogens is 376 g/mol. The maximum absolute atomic E-state index is 9.79. The average molecular weight is 402 g/mol. The second kappa shape index (κ2) is 6.93. The van der Waals surface area contributed by atoms with Gasteiger partial charge < -0.3 is 0 Å². The second-order valence-corrected chi connectivity index (χ2v) is 8.92. The third kappa shape index (κ3) is 2.81. The maximum Gasteiger partial charge on any atom is 0.213 e. The van der Waals surface area contributed by atoms with E-state index in [-0.39, 0.29) is 5.41 Å². The SMILES string of the molecule is Cc1ccc2c(c1-c1cc(-c3ccccc3)cc[n+]1C)C(C)(C)c1cccc(C#N)c1-2. The normalized spacial score (nSPS) is 13.4. The summed E-state index contributed by atoms with van der Waals surface area (Å²) in [6.45, 7) is 6.75. The summed E-state index contributed by atoms with van der Waals surface area (Å²) in [5, 5.41) is 9.79. The van der Waals surface area contributed by atoms with E-state index in [9.17, 15) is 5.26 Å². The molecule has 0 fully saturated rings. The molecule has 2 nitrogen and oxygen atoms in total. The smallest absolute Gasteiger partial charge is 0.201 e. The third-order valence-electron chi connectivity index (χ3n) is 6.68. The van der Waals surface area contributed by atoms with Crippen molar-refractivity contribution in [3.05, 3.63) is 101 Å². The molecule has 3 aromatic carbocycles. The third-order valence-corrected chi connectivity index (χ3v) is 6.68. The minimum atomic E-state index is -0.186. The molecule has 1 aliphatic rings. The van der Waals surface area contributed by atoms with Gasteiger partial charge in [-0.1, -0.05) is 68.4 Å². The summed E-state index contributed by atoms with van der Waals surface area (Å²) in [5.41, 5.74) is 11.5. The molecule has 1 heterocycles. The molecule has 0 radical (unpaired) electrons. The topological polar surface area (TPSA) is 27.7 Å². The molecule has 0 spiro atoms. The first-order valence-corrected chi connectivity index (χ1v) is 10.7. The van der Waals surface area contributed by atoms with E-state index in [4.69, 9.17) is 0 Å². The van der Waals surface area contributed by atoms with Gasteiger partial charge in [-0.2, -0.15) is 5.26 Å². The van der Waals surface area contributed by atoms with Crippen LogP contribution in [0.25, 0.3) is 33.5 Å². The van der Waals surface area contributed by atoms with Crippen LogP contribution in [0.3, 0.4) is 0 Å². The summed E-state index contributed by atoms with van der Waals surface area (Å²) in [5.74, 6) is 0. The van der Waals surface area contributed by atoms with E-state index in [0.717, 1.165) is 11.1 Å². The van der Waals surface area contributed by atoms with Gasteiger partial charge in [-0.25, -0.2) is 4.57 Å². The molecule has 4 aromatic rings. The van der Waals surface area contributed by atoms with E-state index in [1.807, 2.05) is 18.2 Å². The van der Waals surface area contributed by atoms with Crippen LogP contribution in [0, 0.1) is 18.3 Å². The van der Waals surface area contributed by atoms with Crippen LogP contribution in [0.4, 0.5) is 0 Å². The van der Waals surface area contributed by atoms with Gasteiger partial charge in [0, 0.05) is 23.1 Å². The van der Waals surface area contributed by atoms with Crippen molar-refractivity contribution in [2.45, 2.75) is 26.2 Å². The highest BCUT2D eigenvalue weighted by atomic mass is 14.9. The van der Waals surface area contributed by atoms with Crippen LogP contribution < -0.4 is 4.57 Å². The molecule has 0 N–H and O–H groups in total. The lowest BCUT2D eigenvalue weighted by Crippen LogP contribution is -2.31. The molecule has 0 unspecified atom stereocenters. The lowest BCUT2D eigenvalue weighted by Gasteiger charge is -2.24. The minimum absolute atomic E-state index is 0.186. The van der Waals surface area contributed by atoms with Crippen molar-refractivity contribution >= 4 is 0 Å². The number of aryl methyl sites for hydroxylation is 2. The van der Waals surface area contributed by atoms with Crippen LogP contribution >= 0.6 is 0 Å². The summed E-state index contributed by atoms with van der Waals surface area (Å²) in [7, 11) is 2.11. The number of nitriles is 1. The molecular formula is C29H25N2+. The summed E-state index contributed by atoms with van der Waals surface area (Å²) in [6, 6.07) is 27.9. The first kappa shape index (κ1) is 19.3. The molecule has 0 bridgehead atoms. The highest BCUT2D eigenvalue weighted by Gasteiger charge is 2.40. The Hall–Kier alpha value is -3.70. The fourth-order valence-electron chi connectivity index (χ4n) is 5.11. The molecule has 0 saturated carbocycles. The largest absolute Gasteiger partial charge is 0.213 e. The number of fused-ring (bicyclic) bond motifs is 3. The van der Waals surface area contributed by atoms with Gasteiger partial charge in [0.25, 0.3) is 0 Å². The first-order valence-electron chi connectivity index (χ1n) is 10.7. The van der Waals surface area contributed by atoms with Crippen molar-refractivity contribution in [1.29, 1.82) is 5.26 Å². The number of nitrogens with zero attached hydrogens (tertiary/aromatic N) is 2. The van der Waals surface area contributed by atoms with E-state index >= 15 is 0 Å². The number of pyridine rings is 1. The Bertz CT molecular complexity index is 1370. The molecule has 2 heteroatoms. The van der Waals surface area contributed by atoms with Crippen LogP contribution in [0.5, 0.6) is 0 Å². The molecule has 1 aliphatic carbocycles. The Morgan fingerprint density at radius 1 is 0.839 bits per heavy atom. The van der Waals surface area contributed by atoms with Crippen molar-refractivity contribution in [3.8, 4) is 39.6 Å². The van der Waals surface area contributed by atoms with Crippen LogP contribution in [0.2, 0.25) is 0 Å². The number of hydrogen-bond acceptors (Lipinski definition) is 1. The van der Waals surface area contributed by atoms with Gasteiger partial charge >= 0.3 is 0 Å². The zero-order chi connectivity index (χ0) is 21.8. The maximum atomic E-state index is 9.79. The monoisotopic (exact) mass is 401 g/mol. The fraction of sp³-hybridized carbons (Fsp3) is 0.172.